The van der Waals surface area contributed by atoms with Crippen LogP contribution in [0.3, 0.4) is 0 Å². The van der Waals surface area contributed by atoms with Gasteiger partial charge < -0.3 is 9.13 Å². The van der Waals surface area contributed by atoms with Gasteiger partial charge in [0, 0.05) is 57.6 Å². The molecule has 8 aromatic rings. The molecule has 0 aliphatic carbocycles. The van der Waals surface area contributed by atoms with E-state index in [1.807, 2.05) is 31.0 Å². The predicted octanol–water partition coefficient (Wildman–Crippen LogP) is 7.73. The molecular weight excluding hydrogens is 466 g/mol. The van der Waals surface area contributed by atoms with Gasteiger partial charge in [-0.2, -0.15) is 0 Å². The van der Waals surface area contributed by atoms with E-state index in [4.69, 9.17) is 4.98 Å². The lowest BCUT2D eigenvalue weighted by Gasteiger charge is -2.10. The van der Waals surface area contributed by atoms with Gasteiger partial charge in [0.25, 0.3) is 0 Å². The van der Waals surface area contributed by atoms with Crippen LogP contribution in [0, 0.1) is 0 Å². The maximum absolute atomic E-state index is 4.86. The quantitative estimate of drug-likeness (QED) is 0.256. The number of benzene rings is 3. The van der Waals surface area contributed by atoms with E-state index in [0.717, 1.165) is 50.0 Å². The molecule has 5 aromatic heterocycles. The van der Waals surface area contributed by atoms with E-state index in [9.17, 15) is 0 Å². The van der Waals surface area contributed by atoms with Crippen molar-refractivity contribution >= 4 is 43.6 Å². The molecule has 5 heterocycles. The summed E-state index contributed by atoms with van der Waals surface area (Å²) in [6.07, 6.45) is 9.53. The van der Waals surface area contributed by atoms with Crippen LogP contribution in [0.25, 0.3) is 66.2 Å². The Morgan fingerprint density at radius 1 is 0.421 bits per heavy atom. The van der Waals surface area contributed by atoms with Crippen molar-refractivity contribution in [3.63, 3.8) is 0 Å². The zero-order valence-electron chi connectivity index (χ0n) is 20.4. The Labute approximate surface area is 218 Å². The third-order valence-electron chi connectivity index (χ3n) is 7.38. The van der Waals surface area contributed by atoms with E-state index in [1.165, 1.54) is 16.3 Å². The highest BCUT2D eigenvalue weighted by Gasteiger charge is 2.14. The normalized spacial score (nSPS) is 11.7. The van der Waals surface area contributed by atoms with Crippen LogP contribution in [0.5, 0.6) is 0 Å². The third kappa shape index (κ3) is 3.02. The van der Waals surface area contributed by atoms with Crippen LogP contribution in [0.4, 0.5) is 0 Å². The van der Waals surface area contributed by atoms with E-state index in [1.54, 1.807) is 0 Å². The SMILES string of the molecule is c1ccc2c(c1)c1cnccc1n2-c1ccc(-c2ccc(-n3c4ccccc4c4cnccc43)cn2)cc1. The van der Waals surface area contributed by atoms with Crippen molar-refractivity contribution in [1.82, 2.24) is 24.1 Å². The Kier molecular flexibility index (Phi) is 4.45. The van der Waals surface area contributed by atoms with E-state index in [2.05, 4.69) is 116 Å². The number of para-hydroxylation sites is 2. The summed E-state index contributed by atoms with van der Waals surface area (Å²) in [6, 6.07) is 33.9. The molecule has 0 spiro atoms. The lowest BCUT2D eigenvalue weighted by Crippen LogP contribution is -1.96. The molecule has 0 bridgehead atoms. The largest absolute Gasteiger partial charge is 0.309 e. The van der Waals surface area contributed by atoms with Gasteiger partial charge in [-0.25, -0.2) is 0 Å². The van der Waals surface area contributed by atoms with Crippen molar-refractivity contribution in [2.24, 2.45) is 0 Å². The minimum Gasteiger partial charge on any atom is -0.309 e. The highest BCUT2D eigenvalue weighted by molar-refractivity contribution is 6.09. The van der Waals surface area contributed by atoms with E-state index in [-0.39, 0.29) is 0 Å². The second-order valence-electron chi connectivity index (χ2n) is 9.44. The fraction of sp³-hybridized carbons (Fsp3) is 0. The molecule has 0 atom stereocenters. The molecule has 0 fully saturated rings. The number of hydrogen-bond acceptors (Lipinski definition) is 3. The van der Waals surface area contributed by atoms with Crippen molar-refractivity contribution < 1.29 is 0 Å². The molecule has 0 radical (unpaired) electrons. The van der Waals surface area contributed by atoms with Crippen LogP contribution in [0.15, 0.2) is 128 Å². The second kappa shape index (κ2) is 8.11. The number of aromatic nitrogens is 5. The second-order valence-corrected chi connectivity index (χ2v) is 9.44. The molecule has 0 saturated carbocycles. The van der Waals surface area contributed by atoms with Gasteiger partial charge in [0.15, 0.2) is 0 Å². The molecule has 8 rings (SSSR count). The van der Waals surface area contributed by atoms with Gasteiger partial charge in [0.1, 0.15) is 0 Å². The lowest BCUT2D eigenvalue weighted by atomic mass is 10.1. The monoisotopic (exact) mass is 487 g/mol. The maximum Gasteiger partial charge on any atom is 0.0703 e. The van der Waals surface area contributed by atoms with Crippen molar-refractivity contribution in [3.05, 3.63) is 128 Å². The van der Waals surface area contributed by atoms with Gasteiger partial charge in [0.2, 0.25) is 0 Å². The van der Waals surface area contributed by atoms with Crippen LogP contribution < -0.4 is 0 Å². The molecule has 38 heavy (non-hydrogen) atoms. The molecule has 0 saturated heterocycles. The molecule has 5 heteroatoms. The Hall–Kier alpha value is -5.29. The molecule has 3 aromatic carbocycles. The predicted molar refractivity (Wildman–Crippen MR) is 154 cm³/mol. The van der Waals surface area contributed by atoms with Gasteiger partial charge in [-0.3, -0.25) is 15.0 Å². The first-order valence-electron chi connectivity index (χ1n) is 12.6. The zero-order chi connectivity index (χ0) is 25.1. The summed E-state index contributed by atoms with van der Waals surface area (Å²) >= 11 is 0. The first kappa shape index (κ1) is 20.9. The number of pyridine rings is 3. The molecule has 0 aliphatic rings. The minimum atomic E-state index is 0.939. The van der Waals surface area contributed by atoms with Crippen LogP contribution in [0.1, 0.15) is 0 Å². The summed E-state index contributed by atoms with van der Waals surface area (Å²) in [5.74, 6) is 0. The topological polar surface area (TPSA) is 48.5 Å². The van der Waals surface area contributed by atoms with Crippen molar-refractivity contribution in [2.45, 2.75) is 0 Å². The van der Waals surface area contributed by atoms with Crippen molar-refractivity contribution in [1.29, 1.82) is 0 Å². The molecular formula is C33H21N5. The third-order valence-corrected chi connectivity index (χ3v) is 7.38. The summed E-state index contributed by atoms with van der Waals surface area (Å²) in [6.45, 7) is 0. The Bertz CT molecular complexity index is 1850. The van der Waals surface area contributed by atoms with Crippen molar-refractivity contribution in [2.75, 3.05) is 0 Å². The maximum atomic E-state index is 4.86. The molecule has 5 nitrogen and oxygen atoms in total. The lowest BCUT2D eigenvalue weighted by molar-refractivity contribution is 1.14. The van der Waals surface area contributed by atoms with E-state index < -0.39 is 0 Å². The number of rotatable bonds is 3. The Balaban J connectivity index is 1.20. The molecule has 0 N–H and O–H groups in total. The van der Waals surface area contributed by atoms with E-state index >= 15 is 0 Å². The highest BCUT2D eigenvalue weighted by atomic mass is 15.0. The first-order valence-corrected chi connectivity index (χ1v) is 12.6. The van der Waals surface area contributed by atoms with Gasteiger partial charge in [-0.15, -0.1) is 0 Å². The van der Waals surface area contributed by atoms with Crippen molar-refractivity contribution in [3.8, 4) is 22.6 Å². The highest BCUT2D eigenvalue weighted by Crippen LogP contribution is 2.33. The first-order chi connectivity index (χ1) is 18.9. The van der Waals surface area contributed by atoms with Gasteiger partial charge in [0.05, 0.1) is 39.6 Å². The summed E-state index contributed by atoms with van der Waals surface area (Å²) in [7, 11) is 0. The van der Waals surface area contributed by atoms with Crippen LogP contribution >= 0.6 is 0 Å². The summed E-state index contributed by atoms with van der Waals surface area (Å²) < 4.78 is 4.55. The fourth-order valence-electron chi connectivity index (χ4n) is 5.66. The zero-order valence-corrected chi connectivity index (χ0v) is 20.4. The smallest absolute Gasteiger partial charge is 0.0703 e. The fourth-order valence-corrected chi connectivity index (χ4v) is 5.66. The number of nitrogens with zero attached hydrogens (tertiary/aromatic N) is 5. The van der Waals surface area contributed by atoms with Gasteiger partial charge in [-0.1, -0.05) is 48.5 Å². The minimum absolute atomic E-state index is 0.939. The molecule has 0 unspecified atom stereocenters. The average molecular weight is 488 g/mol. The average Bonchev–Trinajstić information content (AvgIpc) is 3.51. The summed E-state index contributed by atoms with van der Waals surface area (Å²) in [4.78, 5) is 13.6. The van der Waals surface area contributed by atoms with Crippen LogP contribution in [-0.2, 0) is 0 Å². The molecule has 0 aliphatic heterocycles. The summed E-state index contributed by atoms with van der Waals surface area (Å²) in [5, 5.41) is 4.70. The van der Waals surface area contributed by atoms with Gasteiger partial charge >= 0.3 is 0 Å². The Morgan fingerprint density at radius 2 is 0.947 bits per heavy atom. The van der Waals surface area contributed by atoms with Gasteiger partial charge in [-0.05, 0) is 48.5 Å². The summed E-state index contributed by atoms with van der Waals surface area (Å²) in [5.41, 5.74) is 8.76. The number of fused-ring (bicyclic) bond motifs is 6. The molecule has 0 amide bonds. The van der Waals surface area contributed by atoms with E-state index in [0.29, 0.717) is 0 Å². The standard InChI is InChI=1S/C33H21N5/c1-3-7-30-25(5-1)27-20-34-17-15-32(27)37(30)23-11-9-22(10-12-23)29-14-13-24(19-36-29)38-31-8-4-2-6-26(31)28-21-35-18-16-33(28)38/h1-21H. The Morgan fingerprint density at radius 3 is 1.53 bits per heavy atom. The molecule has 178 valence electrons. The number of hydrogen-bond donors (Lipinski definition) is 0. The van der Waals surface area contributed by atoms with Crippen LogP contribution in [0.2, 0.25) is 0 Å². The van der Waals surface area contributed by atoms with Crippen LogP contribution in [-0.4, -0.2) is 24.1 Å².